The lowest BCUT2D eigenvalue weighted by Crippen LogP contribution is -2.27. The second-order valence-electron chi connectivity index (χ2n) is 6.06. The minimum atomic E-state index is -0.336. The van der Waals surface area contributed by atoms with Crippen LogP contribution in [0.1, 0.15) is 45.1 Å². The van der Waals surface area contributed by atoms with Gasteiger partial charge in [0.25, 0.3) is 11.8 Å². The Balaban J connectivity index is 1.89. The maximum absolute atomic E-state index is 12.8. The van der Waals surface area contributed by atoms with Gasteiger partial charge in [-0.1, -0.05) is 30.3 Å². The van der Waals surface area contributed by atoms with Crippen LogP contribution in [0.15, 0.2) is 60.9 Å². The maximum Gasteiger partial charge on any atom is 0.271 e. The Hall–Kier alpha value is -3.48. The SMILES string of the molecule is CNC(=O)c1cc(C(=O)NCc2ccncc2)n([C@@H](C)c2ccccc2)n1. The third-order valence-electron chi connectivity index (χ3n) is 4.28. The molecule has 0 aliphatic heterocycles. The Morgan fingerprint density at radius 3 is 2.44 bits per heavy atom. The van der Waals surface area contributed by atoms with Gasteiger partial charge in [-0.3, -0.25) is 19.3 Å². The average Bonchev–Trinajstić information content (AvgIpc) is 3.18. The van der Waals surface area contributed by atoms with E-state index >= 15 is 0 Å². The monoisotopic (exact) mass is 363 g/mol. The van der Waals surface area contributed by atoms with Gasteiger partial charge in [0, 0.05) is 32.1 Å². The van der Waals surface area contributed by atoms with Crippen LogP contribution in [-0.4, -0.2) is 33.6 Å². The van der Waals surface area contributed by atoms with Crippen LogP contribution in [0.2, 0.25) is 0 Å². The summed E-state index contributed by atoms with van der Waals surface area (Å²) in [6.07, 6.45) is 3.35. The fourth-order valence-electron chi connectivity index (χ4n) is 2.74. The lowest BCUT2D eigenvalue weighted by molar-refractivity contribution is 0.0935. The van der Waals surface area contributed by atoms with E-state index in [4.69, 9.17) is 0 Å². The van der Waals surface area contributed by atoms with Crippen LogP contribution in [0.4, 0.5) is 0 Å². The third-order valence-corrected chi connectivity index (χ3v) is 4.28. The first-order valence-corrected chi connectivity index (χ1v) is 8.64. The van der Waals surface area contributed by atoms with E-state index in [9.17, 15) is 9.59 Å². The lowest BCUT2D eigenvalue weighted by atomic mass is 10.1. The van der Waals surface area contributed by atoms with Gasteiger partial charge in [-0.25, -0.2) is 0 Å². The minimum Gasteiger partial charge on any atom is -0.354 e. The van der Waals surface area contributed by atoms with E-state index in [0.29, 0.717) is 12.2 Å². The second kappa shape index (κ2) is 8.27. The molecule has 0 fully saturated rings. The minimum absolute atomic E-state index is 0.203. The van der Waals surface area contributed by atoms with Crippen molar-refractivity contribution in [2.24, 2.45) is 0 Å². The number of carbonyl (C=O) groups excluding carboxylic acids is 2. The van der Waals surface area contributed by atoms with E-state index in [0.717, 1.165) is 11.1 Å². The van der Waals surface area contributed by atoms with Gasteiger partial charge in [-0.2, -0.15) is 5.10 Å². The number of hydrogen-bond donors (Lipinski definition) is 2. The molecule has 1 atom stereocenters. The Morgan fingerprint density at radius 1 is 1.07 bits per heavy atom. The molecule has 0 bridgehead atoms. The first kappa shape index (κ1) is 18.3. The van der Waals surface area contributed by atoms with Crippen molar-refractivity contribution >= 4 is 11.8 Å². The molecule has 27 heavy (non-hydrogen) atoms. The highest BCUT2D eigenvalue weighted by Crippen LogP contribution is 2.20. The fourth-order valence-corrected chi connectivity index (χ4v) is 2.74. The molecule has 2 N–H and O–H groups in total. The van der Waals surface area contributed by atoms with Crippen molar-refractivity contribution in [3.8, 4) is 0 Å². The Labute approximate surface area is 157 Å². The van der Waals surface area contributed by atoms with Crippen molar-refractivity contribution in [2.45, 2.75) is 19.5 Å². The van der Waals surface area contributed by atoms with Crippen molar-refractivity contribution in [3.63, 3.8) is 0 Å². The van der Waals surface area contributed by atoms with E-state index in [1.807, 2.05) is 49.4 Å². The molecule has 7 nitrogen and oxygen atoms in total. The predicted octanol–water partition coefficient (Wildman–Crippen LogP) is 2.18. The summed E-state index contributed by atoms with van der Waals surface area (Å²) in [5.41, 5.74) is 2.47. The van der Waals surface area contributed by atoms with Crippen molar-refractivity contribution in [1.82, 2.24) is 25.4 Å². The highest BCUT2D eigenvalue weighted by atomic mass is 16.2. The molecule has 0 aliphatic rings. The lowest BCUT2D eigenvalue weighted by Gasteiger charge is -2.16. The molecule has 0 unspecified atom stereocenters. The summed E-state index contributed by atoms with van der Waals surface area (Å²) in [5.74, 6) is -0.630. The van der Waals surface area contributed by atoms with Crippen LogP contribution in [-0.2, 0) is 6.54 Å². The van der Waals surface area contributed by atoms with Crippen molar-refractivity contribution < 1.29 is 9.59 Å². The molecule has 3 aromatic rings. The number of benzene rings is 1. The molecule has 2 amide bonds. The molecular formula is C20H21N5O2. The predicted molar refractivity (Wildman–Crippen MR) is 101 cm³/mol. The van der Waals surface area contributed by atoms with Crippen LogP contribution < -0.4 is 10.6 Å². The second-order valence-corrected chi connectivity index (χ2v) is 6.06. The number of rotatable bonds is 6. The molecule has 138 valence electrons. The number of carbonyl (C=O) groups is 2. The van der Waals surface area contributed by atoms with Gasteiger partial charge < -0.3 is 10.6 Å². The topological polar surface area (TPSA) is 88.9 Å². The van der Waals surface area contributed by atoms with Gasteiger partial charge >= 0.3 is 0 Å². The summed E-state index contributed by atoms with van der Waals surface area (Å²) in [6, 6.07) is 14.7. The third kappa shape index (κ3) is 4.20. The maximum atomic E-state index is 12.8. The quantitative estimate of drug-likeness (QED) is 0.702. The standard InChI is InChI=1S/C20H21N5O2/c1-14(16-6-4-3-5-7-16)25-18(12-17(24-25)19(26)21-2)20(27)23-13-15-8-10-22-11-9-15/h3-12,14H,13H2,1-2H3,(H,21,26)(H,23,27)/t14-/m0/s1. The normalized spacial score (nSPS) is 11.6. The highest BCUT2D eigenvalue weighted by molar-refractivity contribution is 5.97. The summed E-state index contributed by atoms with van der Waals surface area (Å²) in [7, 11) is 1.53. The number of pyridine rings is 1. The fraction of sp³-hybridized carbons (Fsp3) is 0.200. The van der Waals surface area contributed by atoms with Crippen LogP contribution in [0.25, 0.3) is 0 Å². The molecular weight excluding hydrogens is 342 g/mol. The molecule has 7 heteroatoms. The van der Waals surface area contributed by atoms with E-state index in [1.165, 1.54) is 13.1 Å². The molecule has 0 spiro atoms. The summed E-state index contributed by atoms with van der Waals surface area (Å²) in [5, 5.41) is 9.78. The van der Waals surface area contributed by atoms with E-state index < -0.39 is 0 Å². The molecule has 2 aromatic heterocycles. The molecule has 0 aliphatic carbocycles. The summed E-state index contributed by atoms with van der Waals surface area (Å²) in [4.78, 5) is 28.8. The summed E-state index contributed by atoms with van der Waals surface area (Å²) >= 11 is 0. The molecule has 3 rings (SSSR count). The van der Waals surface area contributed by atoms with Gasteiger partial charge in [-0.05, 0) is 30.2 Å². The Kier molecular flexibility index (Phi) is 5.61. The summed E-state index contributed by atoms with van der Waals surface area (Å²) in [6.45, 7) is 2.30. The molecule has 2 heterocycles. The zero-order chi connectivity index (χ0) is 19.2. The van der Waals surface area contributed by atoms with Crippen LogP contribution in [0.5, 0.6) is 0 Å². The van der Waals surface area contributed by atoms with Gasteiger partial charge in [0.1, 0.15) is 5.69 Å². The van der Waals surface area contributed by atoms with Gasteiger partial charge in [0.15, 0.2) is 5.69 Å². The average molecular weight is 363 g/mol. The van der Waals surface area contributed by atoms with E-state index in [2.05, 4.69) is 20.7 Å². The van der Waals surface area contributed by atoms with Crippen LogP contribution >= 0.6 is 0 Å². The number of hydrogen-bond acceptors (Lipinski definition) is 4. The van der Waals surface area contributed by atoms with Crippen molar-refractivity contribution in [1.29, 1.82) is 0 Å². The summed E-state index contributed by atoms with van der Waals surface area (Å²) < 4.78 is 1.59. The first-order chi connectivity index (χ1) is 13.1. The Morgan fingerprint density at radius 2 is 1.78 bits per heavy atom. The van der Waals surface area contributed by atoms with Crippen LogP contribution in [0, 0.1) is 0 Å². The smallest absolute Gasteiger partial charge is 0.271 e. The first-order valence-electron chi connectivity index (χ1n) is 8.64. The molecule has 0 radical (unpaired) electrons. The number of aromatic nitrogens is 3. The van der Waals surface area contributed by atoms with Crippen molar-refractivity contribution in [3.05, 3.63) is 83.4 Å². The number of amides is 2. The number of nitrogens with one attached hydrogen (secondary N) is 2. The van der Waals surface area contributed by atoms with E-state index in [1.54, 1.807) is 17.1 Å². The van der Waals surface area contributed by atoms with Crippen molar-refractivity contribution in [2.75, 3.05) is 7.05 Å². The van der Waals surface area contributed by atoms with Gasteiger partial charge in [-0.15, -0.1) is 0 Å². The van der Waals surface area contributed by atoms with E-state index in [-0.39, 0.29) is 23.6 Å². The number of nitrogens with zero attached hydrogens (tertiary/aromatic N) is 3. The largest absolute Gasteiger partial charge is 0.354 e. The van der Waals surface area contributed by atoms with Gasteiger partial charge in [0.2, 0.25) is 0 Å². The van der Waals surface area contributed by atoms with Gasteiger partial charge in [0.05, 0.1) is 6.04 Å². The molecule has 1 aromatic carbocycles. The molecule has 0 saturated carbocycles. The highest BCUT2D eigenvalue weighted by Gasteiger charge is 2.22. The molecule has 0 saturated heterocycles. The van der Waals surface area contributed by atoms with Crippen LogP contribution in [0.3, 0.4) is 0 Å². The zero-order valence-electron chi connectivity index (χ0n) is 15.2. The Bertz CT molecular complexity index is 922. The zero-order valence-corrected chi connectivity index (χ0v) is 15.2.